The first-order valence-electron chi connectivity index (χ1n) is 19.4. The van der Waals surface area contributed by atoms with Gasteiger partial charge in [-0.3, -0.25) is 19.2 Å². The van der Waals surface area contributed by atoms with Crippen molar-refractivity contribution >= 4 is 29.6 Å². The van der Waals surface area contributed by atoms with Gasteiger partial charge in [-0.25, -0.2) is 4.79 Å². The Labute approximate surface area is 335 Å². The Bertz CT molecular complexity index is 1910. The molecule has 0 saturated heterocycles. The summed E-state index contributed by atoms with van der Waals surface area (Å²) in [5.74, 6) is -2.78. The van der Waals surface area contributed by atoms with E-state index in [0.29, 0.717) is 16.7 Å². The summed E-state index contributed by atoms with van der Waals surface area (Å²) < 4.78 is 5.51. The van der Waals surface area contributed by atoms with Crippen LogP contribution in [0.5, 0.6) is 0 Å². The van der Waals surface area contributed by atoms with Gasteiger partial charge in [-0.1, -0.05) is 129 Å². The zero-order valence-corrected chi connectivity index (χ0v) is 33.4. The number of ketones is 1. The van der Waals surface area contributed by atoms with Gasteiger partial charge in [-0.2, -0.15) is 0 Å². The smallest absolute Gasteiger partial charge is 0.407 e. The molecule has 302 valence electrons. The van der Waals surface area contributed by atoms with E-state index >= 15 is 0 Å². The van der Waals surface area contributed by atoms with Crippen molar-refractivity contribution in [3.63, 3.8) is 0 Å². The van der Waals surface area contributed by atoms with Crippen LogP contribution in [0.4, 0.5) is 4.79 Å². The van der Waals surface area contributed by atoms with Crippen LogP contribution in [0.2, 0.25) is 0 Å². The number of nitrogens with one attached hydrogen (secondary N) is 3. The molecule has 11 heteroatoms. The Morgan fingerprint density at radius 2 is 1.11 bits per heavy atom. The van der Waals surface area contributed by atoms with Gasteiger partial charge in [0, 0.05) is 23.5 Å². The highest BCUT2D eigenvalue weighted by molar-refractivity contribution is 6.09. The summed E-state index contributed by atoms with van der Waals surface area (Å²) in [7, 11) is 0. The van der Waals surface area contributed by atoms with Crippen molar-refractivity contribution in [1.82, 2.24) is 16.0 Å². The molecule has 0 heterocycles. The molecule has 4 amide bonds. The summed E-state index contributed by atoms with van der Waals surface area (Å²) >= 11 is 0. The third kappa shape index (κ3) is 14.7. The van der Waals surface area contributed by atoms with E-state index < -0.39 is 59.6 Å². The molecule has 11 nitrogen and oxygen atoms in total. The van der Waals surface area contributed by atoms with Gasteiger partial charge in [-0.15, -0.1) is 0 Å². The molecule has 0 aliphatic carbocycles. The number of carbonyl (C=O) groups excluding carboxylic acids is 5. The summed E-state index contributed by atoms with van der Waals surface area (Å²) in [6.07, 6.45) is -1.06. The van der Waals surface area contributed by atoms with Crippen LogP contribution >= 0.6 is 0 Å². The van der Waals surface area contributed by atoms with Crippen molar-refractivity contribution in [1.29, 1.82) is 0 Å². The zero-order valence-electron chi connectivity index (χ0n) is 33.4. The van der Waals surface area contributed by atoms with Gasteiger partial charge in [0.2, 0.25) is 17.7 Å². The van der Waals surface area contributed by atoms with Gasteiger partial charge in [0.05, 0.1) is 12.1 Å². The second-order valence-electron chi connectivity index (χ2n) is 15.9. The van der Waals surface area contributed by atoms with Gasteiger partial charge in [0.1, 0.15) is 17.7 Å². The van der Waals surface area contributed by atoms with Crippen molar-refractivity contribution in [2.24, 2.45) is 17.6 Å². The van der Waals surface area contributed by atoms with E-state index in [1.807, 2.05) is 80.6 Å². The summed E-state index contributed by atoms with van der Waals surface area (Å²) in [6.45, 7) is 9.07. The number of aliphatic hydroxyl groups is 1. The largest absolute Gasteiger partial charge is 0.444 e. The second kappa shape index (κ2) is 20.9. The van der Waals surface area contributed by atoms with Crippen molar-refractivity contribution in [3.8, 4) is 0 Å². The van der Waals surface area contributed by atoms with Crippen LogP contribution in [0.1, 0.15) is 80.1 Å². The van der Waals surface area contributed by atoms with Crippen molar-refractivity contribution < 1.29 is 33.8 Å². The third-order valence-corrected chi connectivity index (χ3v) is 9.38. The molecular formula is C46H56N4O7. The van der Waals surface area contributed by atoms with Gasteiger partial charge in [0.25, 0.3) is 0 Å². The number of benzene rings is 4. The second-order valence-corrected chi connectivity index (χ2v) is 15.9. The number of primary amides is 1. The molecule has 0 aliphatic rings. The molecule has 0 unspecified atom stereocenters. The molecule has 5 atom stereocenters. The molecule has 0 saturated carbocycles. The highest BCUT2D eigenvalue weighted by atomic mass is 16.6. The highest BCUT2D eigenvalue weighted by Gasteiger charge is 2.33. The molecule has 4 aromatic rings. The van der Waals surface area contributed by atoms with E-state index in [9.17, 15) is 29.1 Å². The first-order valence-corrected chi connectivity index (χ1v) is 19.4. The average Bonchev–Trinajstić information content (AvgIpc) is 3.17. The van der Waals surface area contributed by atoms with E-state index in [-0.39, 0.29) is 43.8 Å². The summed E-state index contributed by atoms with van der Waals surface area (Å²) in [5, 5.41) is 20.2. The molecule has 0 aliphatic heterocycles. The lowest BCUT2D eigenvalue weighted by Crippen LogP contribution is -2.55. The van der Waals surface area contributed by atoms with E-state index in [0.717, 1.165) is 11.1 Å². The van der Waals surface area contributed by atoms with Gasteiger partial charge < -0.3 is 31.5 Å². The Balaban J connectivity index is 1.52. The number of amides is 4. The maximum Gasteiger partial charge on any atom is 0.407 e. The van der Waals surface area contributed by atoms with Crippen LogP contribution in [-0.4, -0.2) is 64.5 Å². The van der Waals surface area contributed by atoms with Gasteiger partial charge >= 0.3 is 6.09 Å². The lowest BCUT2D eigenvalue weighted by molar-refractivity contribution is -0.133. The molecule has 4 aromatic carbocycles. The minimum absolute atomic E-state index is 0.0192. The first kappa shape index (κ1) is 43.9. The van der Waals surface area contributed by atoms with Crippen LogP contribution in [0, 0.1) is 11.8 Å². The molecule has 0 spiro atoms. The molecule has 57 heavy (non-hydrogen) atoms. The van der Waals surface area contributed by atoms with Crippen LogP contribution in [0.15, 0.2) is 115 Å². The monoisotopic (exact) mass is 776 g/mol. The minimum Gasteiger partial charge on any atom is -0.444 e. The summed E-state index contributed by atoms with van der Waals surface area (Å²) in [6, 6.07) is 31.5. The fraction of sp³-hybridized carbons (Fsp3) is 0.370. The van der Waals surface area contributed by atoms with E-state index in [2.05, 4.69) is 16.0 Å². The van der Waals surface area contributed by atoms with Gasteiger partial charge in [-0.05, 0) is 69.1 Å². The number of hydrogen-bond donors (Lipinski definition) is 5. The number of aliphatic hydroxyl groups excluding tert-OH is 1. The fourth-order valence-electron chi connectivity index (χ4n) is 6.52. The van der Waals surface area contributed by atoms with Crippen LogP contribution in [-0.2, 0) is 38.4 Å². The summed E-state index contributed by atoms with van der Waals surface area (Å²) in [4.78, 5) is 66.6. The topological polar surface area (TPSA) is 177 Å². The maximum atomic E-state index is 14.2. The van der Waals surface area contributed by atoms with E-state index in [4.69, 9.17) is 10.5 Å². The quantitative estimate of drug-likeness (QED) is 0.0758. The zero-order chi connectivity index (χ0) is 41.5. The number of nitrogens with two attached hydrogens (primary N) is 1. The number of ether oxygens (including phenoxy) is 1. The number of rotatable bonds is 19. The molecular weight excluding hydrogens is 721 g/mol. The fourth-order valence-corrected chi connectivity index (χ4v) is 6.52. The third-order valence-electron chi connectivity index (χ3n) is 9.38. The SMILES string of the molecule is CC(C)C[C@H](NC(=O)[C@H](Cc1ccccc1)C[C@@H](O)[C@H](Cc1ccccc1)NC(=O)OC(C)(C)C)C(=O)N[C@@H](Cc1ccc(C(=O)c2ccccc2)cc1)C(N)=O. The van der Waals surface area contributed by atoms with Gasteiger partial charge in [0.15, 0.2) is 5.78 Å². The summed E-state index contributed by atoms with van der Waals surface area (Å²) in [5.41, 5.74) is 8.42. The molecule has 6 N–H and O–H groups in total. The van der Waals surface area contributed by atoms with Crippen LogP contribution < -0.4 is 21.7 Å². The number of hydrogen-bond acceptors (Lipinski definition) is 7. The predicted octanol–water partition coefficient (Wildman–Crippen LogP) is 5.71. The Morgan fingerprint density at radius 3 is 1.63 bits per heavy atom. The molecule has 0 radical (unpaired) electrons. The predicted molar refractivity (Wildman–Crippen MR) is 220 cm³/mol. The maximum absolute atomic E-state index is 14.2. The highest BCUT2D eigenvalue weighted by Crippen LogP contribution is 2.21. The lowest BCUT2D eigenvalue weighted by atomic mass is 9.88. The minimum atomic E-state index is -1.18. The van der Waals surface area contributed by atoms with Crippen LogP contribution in [0.3, 0.4) is 0 Å². The Hall–Kier alpha value is -5.81. The number of carbonyl (C=O) groups is 5. The molecule has 0 bridgehead atoms. The Kier molecular flexibility index (Phi) is 16.1. The van der Waals surface area contributed by atoms with E-state index in [1.165, 1.54) is 0 Å². The molecule has 0 aromatic heterocycles. The number of alkyl carbamates (subject to hydrolysis) is 1. The van der Waals surface area contributed by atoms with Crippen molar-refractivity contribution in [2.45, 2.75) is 96.6 Å². The normalized spacial score (nSPS) is 14.0. The molecule has 0 fully saturated rings. The average molecular weight is 777 g/mol. The Morgan fingerprint density at radius 1 is 0.614 bits per heavy atom. The molecule has 4 rings (SSSR count). The first-order chi connectivity index (χ1) is 27.1. The van der Waals surface area contributed by atoms with Crippen molar-refractivity contribution in [3.05, 3.63) is 143 Å². The standard InChI is InChI=1S/C46H56N4O7/c1-30(2)25-39(44(55)48-38(42(47)53)28-33-21-23-35(24-22-33)41(52)34-19-13-8-14-20-34)49-43(54)36(26-31-15-9-6-10-16-31)29-40(51)37(27-32-17-11-7-12-18-32)50-45(56)57-46(3,4)5/h6-24,30,36-40,51H,25-29H2,1-5H3,(H2,47,53)(H,48,55)(H,49,54)(H,50,56)/t36-,37+,38+,39+,40-/m1/s1. The van der Waals surface area contributed by atoms with Crippen molar-refractivity contribution in [2.75, 3.05) is 0 Å². The lowest BCUT2D eigenvalue weighted by Gasteiger charge is -2.30. The van der Waals surface area contributed by atoms with E-state index in [1.54, 1.807) is 69.3 Å². The van der Waals surface area contributed by atoms with Crippen LogP contribution in [0.25, 0.3) is 0 Å².